The van der Waals surface area contributed by atoms with Gasteiger partial charge in [0.1, 0.15) is 0 Å². The average molecular weight is 254 g/mol. The number of amides is 2. The standard InChI is InChI=1S/C14H26N2O2/c1-11-4-2-5-12(8-7-11)15-14(18)16-9-3-6-13(17)10-16/h11-13,17H,2-10H2,1H3,(H,15,18)/t11-,12-,13+/m1/s1. The maximum atomic E-state index is 12.1. The number of hydrogen-bond acceptors (Lipinski definition) is 2. The normalized spacial score (nSPS) is 33.9. The lowest BCUT2D eigenvalue weighted by Crippen LogP contribution is -2.49. The Morgan fingerprint density at radius 1 is 1.17 bits per heavy atom. The van der Waals surface area contributed by atoms with Crippen LogP contribution in [0.25, 0.3) is 0 Å². The minimum absolute atomic E-state index is 0.0216. The molecule has 0 spiro atoms. The Balaban J connectivity index is 1.79. The SMILES string of the molecule is C[C@@H]1CCC[C@@H](NC(=O)N2CCC[C@H](O)C2)CC1. The fraction of sp³-hybridized carbons (Fsp3) is 0.929. The minimum atomic E-state index is -0.335. The highest BCUT2D eigenvalue weighted by atomic mass is 16.3. The smallest absolute Gasteiger partial charge is 0.317 e. The van der Waals surface area contributed by atoms with Gasteiger partial charge in [0, 0.05) is 19.1 Å². The zero-order valence-electron chi connectivity index (χ0n) is 11.4. The van der Waals surface area contributed by atoms with Gasteiger partial charge >= 0.3 is 6.03 Å². The molecule has 3 atom stereocenters. The van der Waals surface area contributed by atoms with E-state index >= 15 is 0 Å². The molecule has 1 saturated carbocycles. The molecule has 2 fully saturated rings. The van der Waals surface area contributed by atoms with Gasteiger partial charge < -0.3 is 15.3 Å². The average Bonchev–Trinajstić information content (AvgIpc) is 2.54. The Labute approximate surface area is 110 Å². The fourth-order valence-corrected chi connectivity index (χ4v) is 3.04. The quantitative estimate of drug-likeness (QED) is 0.704. The topological polar surface area (TPSA) is 52.6 Å². The second-order valence-corrected chi connectivity index (χ2v) is 6.00. The zero-order chi connectivity index (χ0) is 13.0. The number of aliphatic hydroxyl groups excluding tert-OH is 1. The summed E-state index contributed by atoms with van der Waals surface area (Å²) in [4.78, 5) is 13.9. The van der Waals surface area contributed by atoms with Crippen LogP contribution in [-0.2, 0) is 0 Å². The van der Waals surface area contributed by atoms with E-state index in [1.54, 1.807) is 4.90 Å². The molecule has 0 aromatic carbocycles. The molecule has 1 saturated heterocycles. The third kappa shape index (κ3) is 3.87. The molecule has 0 aromatic heterocycles. The van der Waals surface area contributed by atoms with Gasteiger partial charge in [-0.3, -0.25) is 0 Å². The summed E-state index contributed by atoms with van der Waals surface area (Å²) in [5.74, 6) is 0.795. The Hall–Kier alpha value is -0.770. The van der Waals surface area contributed by atoms with Gasteiger partial charge in [-0.15, -0.1) is 0 Å². The molecule has 0 bridgehead atoms. The summed E-state index contributed by atoms with van der Waals surface area (Å²) >= 11 is 0. The van der Waals surface area contributed by atoms with E-state index in [0.717, 1.165) is 38.1 Å². The van der Waals surface area contributed by atoms with Crippen molar-refractivity contribution in [2.45, 2.75) is 64.0 Å². The van der Waals surface area contributed by atoms with Gasteiger partial charge in [-0.05, 0) is 38.0 Å². The molecule has 2 N–H and O–H groups in total. The van der Waals surface area contributed by atoms with Crippen LogP contribution in [0.1, 0.15) is 51.9 Å². The number of urea groups is 1. The summed E-state index contributed by atoms with van der Waals surface area (Å²) in [6.07, 6.45) is 7.33. The maximum Gasteiger partial charge on any atom is 0.317 e. The van der Waals surface area contributed by atoms with Crippen LogP contribution in [0.5, 0.6) is 0 Å². The maximum absolute atomic E-state index is 12.1. The number of carbonyl (C=O) groups is 1. The molecular formula is C14H26N2O2. The molecule has 2 rings (SSSR count). The van der Waals surface area contributed by atoms with Crippen molar-refractivity contribution < 1.29 is 9.90 Å². The lowest BCUT2D eigenvalue weighted by molar-refractivity contribution is 0.0831. The highest BCUT2D eigenvalue weighted by molar-refractivity contribution is 5.74. The van der Waals surface area contributed by atoms with E-state index in [2.05, 4.69) is 12.2 Å². The van der Waals surface area contributed by atoms with Crippen LogP contribution in [-0.4, -0.2) is 41.3 Å². The number of aliphatic hydroxyl groups is 1. The molecule has 18 heavy (non-hydrogen) atoms. The summed E-state index contributed by atoms with van der Waals surface area (Å²) in [5.41, 5.74) is 0. The van der Waals surface area contributed by atoms with E-state index in [4.69, 9.17) is 0 Å². The number of nitrogens with zero attached hydrogens (tertiary/aromatic N) is 1. The molecule has 1 aliphatic heterocycles. The van der Waals surface area contributed by atoms with E-state index in [-0.39, 0.29) is 12.1 Å². The molecule has 2 aliphatic rings. The monoisotopic (exact) mass is 254 g/mol. The van der Waals surface area contributed by atoms with Crippen molar-refractivity contribution in [2.75, 3.05) is 13.1 Å². The second kappa shape index (κ2) is 6.41. The van der Waals surface area contributed by atoms with Crippen LogP contribution in [0.2, 0.25) is 0 Å². The summed E-state index contributed by atoms with van der Waals surface area (Å²) in [6, 6.07) is 0.356. The number of hydrogen-bond donors (Lipinski definition) is 2. The summed E-state index contributed by atoms with van der Waals surface area (Å²) in [7, 11) is 0. The van der Waals surface area contributed by atoms with E-state index < -0.39 is 0 Å². The first-order valence-corrected chi connectivity index (χ1v) is 7.38. The van der Waals surface area contributed by atoms with Crippen LogP contribution in [0.4, 0.5) is 4.79 Å². The Bertz CT molecular complexity index is 283. The molecule has 0 radical (unpaired) electrons. The van der Waals surface area contributed by atoms with Crippen LogP contribution in [0.3, 0.4) is 0 Å². The van der Waals surface area contributed by atoms with E-state index in [0.29, 0.717) is 12.6 Å². The van der Waals surface area contributed by atoms with Crippen molar-refractivity contribution in [1.29, 1.82) is 0 Å². The highest BCUT2D eigenvalue weighted by Gasteiger charge is 2.24. The van der Waals surface area contributed by atoms with Gasteiger partial charge in [0.2, 0.25) is 0 Å². The van der Waals surface area contributed by atoms with Gasteiger partial charge in [0.15, 0.2) is 0 Å². The van der Waals surface area contributed by atoms with E-state index in [1.807, 2.05) is 0 Å². The van der Waals surface area contributed by atoms with Gasteiger partial charge in [0.25, 0.3) is 0 Å². The summed E-state index contributed by atoms with van der Waals surface area (Å²) in [6.45, 7) is 3.58. The van der Waals surface area contributed by atoms with E-state index in [9.17, 15) is 9.90 Å². The minimum Gasteiger partial charge on any atom is -0.391 e. The molecule has 4 heteroatoms. The Morgan fingerprint density at radius 2 is 2.00 bits per heavy atom. The number of likely N-dealkylation sites (tertiary alicyclic amines) is 1. The largest absolute Gasteiger partial charge is 0.391 e. The van der Waals surface area contributed by atoms with Gasteiger partial charge in [-0.1, -0.05) is 19.8 Å². The number of β-amino-alcohol motifs (C(OH)–C–C–N with tert-alkyl or cyclic N) is 1. The fourth-order valence-electron chi connectivity index (χ4n) is 3.04. The molecule has 0 unspecified atom stereocenters. The van der Waals surface area contributed by atoms with Crippen molar-refractivity contribution >= 4 is 6.03 Å². The van der Waals surface area contributed by atoms with Gasteiger partial charge in [0.05, 0.1) is 6.10 Å². The lowest BCUT2D eigenvalue weighted by atomic mass is 10.0. The predicted molar refractivity (Wildman–Crippen MR) is 71.4 cm³/mol. The van der Waals surface area contributed by atoms with Gasteiger partial charge in [-0.25, -0.2) is 4.79 Å². The van der Waals surface area contributed by atoms with Crippen molar-refractivity contribution in [1.82, 2.24) is 10.2 Å². The molecule has 4 nitrogen and oxygen atoms in total. The van der Waals surface area contributed by atoms with Gasteiger partial charge in [-0.2, -0.15) is 0 Å². The van der Waals surface area contributed by atoms with Crippen molar-refractivity contribution in [2.24, 2.45) is 5.92 Å². The number of carbonyl (C=O) groups excluding carboxylic acids is 1. The molecule has 2 amide bonds. The third-order valence-electron chi connectivity index (χ3n) is 4.27. The van der Waals surface area contributed by atoms with Crippen LogP contribution < -0.4 is 5.32 Å². The van der Waals surface area contributed by atoms with Crippen LogP contribution in [0.15, 0.2) is 0 Å². The highest BCUT2D eigenvalue weighted by Crippen LogP contribution is 2.22. The number of nitrogens with one attached hydrogen (secondary N) is 1. The third-order valence-corrected chi connectivity index (χ3v) is 4.27. The number of rotatable bonds is 1. The first-order valence-electron chi connectivity index (χ1n) is 7.38. The van der Waals surface area contributed by atoms with E-state index in [1.165, 1.54) is 19.3 Å². The first-order chi connectivity index (χ1) is 8.65. The molecule has 1 heterocycles. The number of piperidine rings is 1. The van der Waals surface area contributed by atoms with Crippen molar-refractivity contribution in [3.05, 3.63) is 0 Å². The second-order valence-electron chi connectivity index (χ2n) is 6.00. The molecule has 1 aliphatic carbocycles. The Morgan fingerprint density at radius 3 is 2.78 bits per heavy atom. The summed E-state index contributed by atoms with van der Waals surface area (Å²) in [5, 5.41) is 12.7. The van der Waals surface area contributed by atoms with Crippen molar-refractivity contribution in [3.8, 4) is 0 Å². The van der Waals surface area contributed by atoms with Crippen LogP contribution in [0, 0.1) is 5.92 Å². The van der Waals surface area contributed by atoms with Crippen LogP contribution >= 0.6 is 0 Å². The molecule has 104 valence electrons. The molecular weight excluding hydrogens is 228 g/mol. The Kier molecular flexibility index (Phi) is 4.87. The zero-order valence-corrected chi connectivity index (χ0v) is 11.4. The van der Waals surface area contributed by atoms with Crippen molar-refractivity contribution in [3.63, 3.8) is 0 Å². The first kappa shape index (κ1) is 13.7. The summed E-state index contributed by atoms with van der Waals surface area (Å²) < 4.78 is 0. The molecule has 0 aromatic rings. The predicted octanol–water partition coefficient (Wildman–Crippen LogP) is 2.12. The lowest BCUT2D eigenvalue weighted by Gasteiger charge is -2.31.